The first-order valence-corrected chi connectivity index (χ1v) is 3.65. The number of nitrogens with two attached hydrogens (primary N) is 1. The van der Waals surface area contributed by atoms with Crippen molar-refractivity contribution in [2.24, 2.45) is 16.6 Å². The molecule has 0 spiro atoms. The summed E-state index contributed by atoms with van der Waals surface area (Å²) in [5.41, 5.74) is 5.03. The van der Waals surface area contributed by atoms with Crippen LogP contribution in [0.25, 0.3) is 0 Å². The average Bonchev–Trinajstić information content (AvgIpc) is 1.87. The van der Waals surface area contributed by atoms with Crippen LogP contribution in [-0.2, 0) is 0 Å². The summed E-state index contributed by atoms with van der Waals surface area (Å²) in [6, 6.07) is 0. The van der Waals surface area contributed by atoms with E-state index in [2.05, 4.69) is 18.8 Å². The fraction of sp³-hybridized carbons (Fsp3) is 0.625. The molecular formula is C8H16N2. The molecular weight excluding hydrogens is 124 g/mol. The van der Waals surface area contributed by atoms with Gasteiger partial charge in [0.15, 0.2) is 0 Å². The topological polar surface area (TPSA) is 38.4 Å². The maximum atomic E-state index is 5.03. The first kappa shape index (κ1) is 9.21. The lowest BCUT2D eigenvalue weighted by molar-refractivity contribution is 0.594. The highest BCUT2D eigenvalue weighted by Gasteiger charge is 1.88. The van der Waals surface area contributed by atoms with Gasteiger partial charge in [-0.3, -0.25) is 0 Å². The molecule has 0 aromatic carbocycles. The predicted octanol–water partition coefficient (Wildman–Crippen LogP) is 1.92. The van der Waals surface area contributed by atoms with Gasteiger partial charge in [-0.25, -0.2) is 4.99 Å². The van der Waals surface area contributed by atoms with Crippen molar-refractivity contribution in [3.8, 4) is 0 Å². The van der Waals surface area contributed by atoms with Crippen molar-refractivity contribution in [1.82, 2.24) is 0 Å². The van der Waals surface area contributed by atoms with Gasteiger partial charge < -0.3 is 5.73 Å². The Morgan fingerprint density at radius 3 is 2.70 bits per heavy atom. The Labute approximate surface area is 62.8 Å². The lowest BCUT2D eigenvalue weighted by atomic mass is 10.1. The van der Waals surface area contributed by atoms with Gasteiger partial charge in [0, 0.05) is 6.20 Å². The molecule has 2 N–H and O–H groups in total. The van der Waals surface area contributed by atoms with Crippen LogP contribution in [0.1, 0.15) is 26.7 Å². The molecule has 0 saturated heterocycles. The lowest BCUT2D eigenvalue weighted by Gasteiger charge is -1.97. The van der Waals surface area contributed by atoms with Gasteiger partial charge in [-0.05, 0) is 18.8 Å². The molecule has 2 nitrogen and oxygen atoms in total. The van der Waals surface area contributed by atoms with Crippen molar-refractivity contribution < 1.29 is 0 Å². The Balaban J connectivity index is 3.18. The molecule has 0 aromatic rings. The third-order valence-electron chi connectivity index (χ3n) is 1.19. The van der Waals surface area contributed by atoms with Gasteiger partial charge in [-0.1, -0.05) is 19.9 Å². The van der Waals surface area contributed by atoms with Crippen LogP contribution in [0, 0.1) is 5.92 Å². The van der Waals surface area contributed by atoms with Crippen LogP contribution in [0.15, 0.2) is 17.3 Å². The van der Waals surface area contributed by atoms with E-state index < -0.39 is 0 Å². The van der Waals surface area contributed by atoms with Gasteiger partial charge >= 0.3 is 0 Å². The summed E-state index contributed by atoms with van der Waals surface area (Å²) in [5.74, 6) is 0.770. The fourth-order valence-corrected chi connectivity index (χ4v) is 0.615. The molecule has 0 saturated carbocycles. The molecule has 58 valence electrons. The first-order chi connectivity index (χ1) is 4.77. The van der Waals surface area contributed by atoms with Crippen molar-refractivity contribution in [3.05, 3.63) is 12.3 Å². The monoisotopic (exact) mass is 140 g/mol. The van der Waals surface area contributed by atoms with Crippen LogP contribution in [0.5, 0.6) is 0 Å². The minimum absolute atomic E-state index is 0.770. The zero-order valence-electron chi connectivity index (χ0n) is 6.75. The summed E-state index contributed by atoms with van der Waals surface area (Å²) in [7, 11) is 0. The summed E-state index contributed by atoms with van der Waals surface area (Å²) in [5, 5.41) is 0. The highest BCUT2D eigenvalue weighted by atomic mass is 14.8. The second-order valence-electron chi connectivity index (χ2n) is 2.65. The number of hydrogen-bond acceptors (Lipinski definition) is 1. The van der Waals surface area contributed by atoms with Crippen LogP contribution in [0.4, 0.5) is 0 Å². The molecule has 0 amide bonds. The molecule has 0 fully saturated rings. The highest BCUT2D eigenvalue weighted by Crippen LogP contribution is 2.03. The van der Waals surface area contributed by atoms with E-state index in [0.717, 1.165) is 12.3 Å². The van der Waals surface area contributed by atoms with E-state index >= 15 is 0 Å². The molecule has 0 aromatic heterocycles. The van der Waals surface area contributed by atoms with E-state index in [0.29, 0.717) is 0 Å². The van der Waals surface area contributed by atoms with Gasteiger partial charge in [0.25, 0.3) is 0 Å². The maximum Gasteiger partial charge on any atom is 0.0852 e. The standard InChI is InChI=1S/C8H16N2/c1-8(2)5-3-4-6-10-7-9/h4,6-8H,3,5H2,1-2H3,(H2,9,10)/b6-4-. The average molecular weight is 140 g/mol. The summed E-state index contributed by atoms with van der Waals surface area (Å²) < 4.78 is 0. The SMILES string of the molecule is CC(C)CC/C=C\N=C/N. The number of aliphatic imine (C=N–C) groups is 1. The van der Waals surface area contributed by atoms with Crippen LogP contribution >= 0.6 is 0 Å². The quantitative estimate of drug-likeness (QED) is 0.470. The minimum atomic E-state index is 0.770. The second-order valence-corrected chi connectivity index (χ2v) is 2.65. The molecule has 0 bridgehead atoms. The zero-order valence-corrected chi connectivity index (χ0v) is 6.75. The Bertz CT molecular complexity index is 114. The molecule has 0 unspecified atom stereocenters. The van der Waals surface area contributed by atoms with Crippen molar-refractivity contribution in [1.29, 1.82) is 0 Å². The van der Waals surface area contributed by atoms with Gasteiger partial charge in [0.05, 0.1) is 6.34 Å². The largest absolute Gasteiger partial charge is 0.390 e. The second kappa shape index (κ2) is 6.33. The van der Waals surface area contributed by atoms with Gasteiger partial charge in [-0.15, -0.1) is 0 Å². The van der Waals surface area contributed by atoms with Crippen molar-refractivity contribution in [2.75, 3.05) is 0 Å². The van der Waals surface area contributed by atoms with E-state index in [4.69, 9.17) is 5.73 Å². The molecule has 0 radical (unpaired) electrons. The summed E-state index contributed by atoms with van der Waals surface area (Å²) in [6.45, 7) is 4.42. The molecule has 0 rings (SSSR count). The fourth-order valence-electron chi connectivity index (χ4n) is 0.615. The highest BCUT2D eigenvalue weighted by molar-refractivity contribution is 5.52. The van der Waals surface area contributed by atoms with Gasteiger partial charge in [0.1, 0.15) is 0 Å². The molecule has 0 heterocycles. The van der Waals surface area contributed by atoms with Crippen molar-refractivity contribution >= 4 is 6.34 Å². The van der Waals surface area contributed by atoms with Crippen LogP contribution in [0.2, 0.25) is 0 Å². The molecule has 0 aliphatic carbocycles. The number of nitrogens with zero attached hydrogens (tertiary/aromatic N) is 1. The predicted molar refractivity (Wildman–Crippen MR) is 45.9 cm³/mol. The number of hydrogen-bond donors (Lipinski definition) is 1. The zero-order chi connectivity index (χ0) is 7.82. The normalized spacial score (nSPS) is 12.3. The van der Waals surface area contributed by atoms with E-state index in [1.54, 1.807) is 6.20 Å². The van der Waals surface area contributed by atoms with Crippen molar-refractivity contribution in [3.63, 3.8) is 0 Å². The van der Waals surface area contributed by atoms with E-state index in [9.17, 15) is 0 Å². The smallest absolute Gasteiger partial charge is 0.0852 e. The van der Waals surface area contributed by atoms with Crippen molar-refractivity contribution in [2.45, 2.75) is 26.7 Å². The third-order valence-corrected chi connectivity index (χ3v) is 1.19. The number of allylic oxidation sites excluding steroid dienone is 1. The van der Waals surface area contributed by atoms with Crippen LogP contribution < -0.4 is 5.73 Å². The van der Waals surface area contributed by atoms with Crippen LogP contribution in [-0.4, -0.2) is 6.34 Å². The van der Waals surface area contributed by atoms with Crippen LogP contribution in [0.3, 0.4) is 0 Å². The minimum Gasteiger partial charge on any atom is -0.390 e. The summed E-state index contributed by atoms with van der Waals surface area (Å²) in [4.78, 5) is 3.74. The van der Waals surface area contributed by atoms with E-state index in [-0.39, 0.29) is 0 Å². The molecule has 10 heavy (non-hydrogen) atoms. The van der Waals surface area contributed by atoms with E-state index in [1.165, 1.54) is 12.8 Å². The number of rotatable bonds is 4. The maximum absolute atomic E-state index is 5.03. The van der Waals surface area contributed by atoms with Gasteiger partial charge in [0.2, 0.25) is 0 Å². The molecule has 2 heteroatoms. The lowest BCUT2D eigenvalue weighted by Crippen LogP contribution is -1.86. The van der Waals surface area contributed by atoms with Gasteiger partial charge in [-0.2, -0.15) is 0 Å². The Morgan fingerprint density at radius 2 is 2.20 bits per heavy atom. The molecule has 0 atom stereocenters. The molecule has 0 aliphatic rings. The summed E-state index contributed by atoms with van der Waals surface area (Å²) in [6.07, 6.45) is 7.38. The summed E-state index contributed by atoms with van der Waals surface area (Å²) >= 11 is 0. The van der Waals surface area contributed by atoms with E-state index in [1.807, 2.05) is 6.08 Å². The Hall–Kier alpha value is -0.790. The molecule has 0 aliphatic heterocycles. The third kappa shape index (κ3) is 7.21. The Morgan fingerprint density at radius 1 is 1.50 bits per heavy atom. The Kier molecular flexibility index (Phi) is 5.83. The first-order valence-electron chi connectivity index (χ1n) is 3.65.